The molecule has 1 aromatic rings. The van der Waals surface area contributed by atoms with Crippen molar-refractivity contribution in [3.05, 3.63) is 35.6 Å². The Labute approximate surface area is 124 Å². The van der Waals surface area contributed by atoms with Crippen molar-refractivity contribution in [2.45, 2.75) is 44.8 Å². The summed E-state index contributed by atoms with van der Waals surface area (Å²) < 4.78 is 12.8. The number of hydrogen-bond donors (Lipinski definition) is 2. The first-order valence-corrected chi connectivity index (χ1v) is 7.78. The van der Waals surface area contributed by atoms with Crippen molar-refractivity contribution in [1.29, 1.82) is 0 Å². The van der Waals surface area contributed by atoms with E-state index in [4.69, 9.17) is 0 Å². The number of amides is 1. The lowest BCUT2D eigenvalue weighted by atomic mass is 10.0. The molecular formula is C17H22FNO2. The molecular weight excluding hydrogens is 269 g/mol. The number of rotatable bonds is 6. The van der Waals surface area contributed by atoms with Gasteiger partial charge in [-0.05, 0) is 62.1 Å². The lowest BCUT2D eigenvalue weighted by Gasteiger charge is -2.18. The summed E-state index contributed by atoms with van der Waals surface area (Å²) in [4.78, 5) is 12.1. The molecule has 2 fully saturated rings. The number of aliphatic hydroxyl groups excluding tert-OH is 1. The monoisotopic (exact) mass is 291 g/mol. The zero-order valence-electron chi connectivity index (χ0n) is 12.3. The van der Waals surface area contributed by atoms with Gasteiger partial charge < -0.3 is 10.4 Å². The van der Waals surface area contributed by atoms with Crippen LogP contribution in [0.2, 0.25) is 0 Å². The Kier molecular flexibility index (Phi) is 3.98. The number of nitrogens with one attached hydrogen (secondary N) is 1. The predicted molar refractivity (Wildman–Crippen MR) is 77.9 cm³/mol. The average molecular weight is 291 g/mol. The maximum atomic E-state index is 12.8. The molecule has 0 aliphatic heterocycles. The topological polar surface area (TPSA) is 49.3 Å². The van der Waals surface area contributed by atoms with Crippen LogP contribution in [-0.4, -0.2) is 17.1 Å². The second kappa shape index (κ2) is 5.76. The molecule has 0 aromatic heterocycles. The highest BCUT2D eigenvalue weighted by Crippen LogP contribution is 2.54. The normalized spacial score (nSPS) is 27.0. The molecule has 2 aliphatic carbocycles. The number of halogens is 1. The number of carbonyl (C=O) groups is 1. The van der Waals surface area contributed by atoms with Crippen LogP contribution in [0.4, 0.5) is 4.39 Å². The Balaban J connectivity index is 1.46. The van der Waals surface area contributed by atoms with E-state index in [1.807, 2.05) is 6.92 Å². The summed E-state index contributed by atoms with van der Waals surface area (Å²) in [5.41, 5.74) is 0.680. The summed E-state index contributed by atoms with van der Waals surface area (Å²) in [6.07, 6.45) is 3.36. The molecule has 114 valence electrons. The Morgan fingerprint density at radius 2 is 2.05 bits per heavy atom. The van der Waals surface area contributed by atoms with E-state index in [0.717, 1.165) is 12.3 Å². The zero-order chi connectivity index (χ0) is 15.0. The summed E-state index contributed by atoms with van der Waals surface area (Å²) in [7, 11) is 0. The van der Waals surface area contributed by atoms with E-state index in [1.54, 1.807) is 12.1 Å². The van der Waals surface area contributed by atoms with Gasteiger partial charge in [0.05, 0.1) is 6.10 Å². The van der Waals surface area contributed by atoms with E-state index in [1.165, 1.54) is 25.0 Å². The smallest absolute Gasteiger partial charge is 0.223 e. The van der Waals surface area contributed by atoms with Crippen molar-refractivity contribution in [1.82, 2.24) is 5.32 Å². The van der Waals surface area contributed by atoms with E-state index in [2.05, 4.69) is 5.32 Å². The maximum Gasteiger partial charge on any atom is 0.223 e. The first-order chi connectivity index (χ1) is 10.0. The van der Waals surface area contributed by atoms with Crippen LogP contribution in [0.5, 0.6) is 0 Å². The highest BCUT2D eigenvalue weighted by molar-refractivity contribution is 5.81. The van der Waals surface area contributed by atoms with Gasteiger partial charge in [-0.3, -0.25) is 4.79 Å². The molecule has 4 atom stereocenters. The Morgan fingerprint density at radius 1 is 1.38 bits per heavy atom. The third-order valence-electron chi connectivity index (χ3n) is 4.62. The standard InChI is InChI=1S/C17H22FNO2/c1-10(8-16(20)12-4-6-13(18)7-5-12)19-17(21)15-9-14(15)11-2-3-11/h4-7,10-11,14-16,20H,2-3,8-9H2,1H3,(H,19,21). The first-order valence-electron chi connectivity index (χ1n) is 7.78. The number of hydrogen-bond acceptors (Lipinski definition) is 2. The first kappa shape index (κ1) is 14.5. The Bertz CT molecular complexity index is 512. The van der Waals surface area contributed by atoms with Crippen LogP contribution in [0.25, 0.3) is 0 Å². The number of carbonyl (C=O) groups excluding carboxylic acids is 1. The number of aliphatic hydroxyl groups is 1. The Hall–Kier alpha value is -1.42. The molecule has 3 nitrogen and oxygen atoms in total. The van der Waals surface area contributed by atoms with Gasteiger partial charge in [-0.2, -0.15) is 0 Å². The van der Waals surface area contributed by atoms with Crippen LogP contribution >= 0.6 is 0 Å². The lowest BCUT2D eigenvalue weighted by Crippen LogP contribution is -2.35. The molecule has 0 bridgehead atoms. The van der Waals surface area contributed by atoms with Gasteiger partial charge in [0.25, 0.3) is 0 Å². The van der Waals surface area contributed by atoms with E-state index in [0.29, 0.717) is 17.9 Å². The summed E-state index contributed by atoms with van der Waals surface area (Å²) in [6, 6.07) is 5.76. The molecule has 0 heterocycles. The molecule has 0 saturated heterocycles. The van der Waals surface area contributed by atoms with Gasteiger partial charge >= 0.3 is 0 Å². The fourth-order valence-corrected chi connectivity index (χ4v) is 3.13. The van der Waals surface area contributed by atoms with Crippen LogP contribution in [0.15, 0.2) is 24.3 Å². The van der Waals surface area contributed by atoms with Crippen LogP contribution in [-0.2, 0) is 4.79 Å². The van der Waals surface area contributed by atoms with Gasteiger partial charge in [0.1, 0.15) is 5.82 Å². The predicted octanol–water partition coefficient (Wildman–Crippen LogP) is 2.80. The van der Waals surface area contributed by atoms with E-state index < -0.39 is 6.10 Å². The molecule has 21 heavy (non-hydrogen) atoms. The largest absolute Gasteiger partial charge is 0.388 e. The van der Waals surface area contributed by atoms with E-state index in [9.17, 15) is 14.3 Å². The SMILES string of the molecule is CC(CC(O)c1ccc(F)cc1)NC(=O)C1CC1C1CC1. The van der Waals surface area contributed by atoms with Crippen molar-refractivity contribution in [3.8, 4) is 0 Å². The van der Waals surface area contributed by atoms with Gasteiger partial charge in [-0.1, -0.05) is 12.1 Å². The van der Waals surface area contributed by atoms with Gasteiger partial charge in [0, 0.05) is 12.0 Å². The molecule has 3 rings (SSSR count). The van der Waals surface area contributed by atoms with Crippen LogP contribution in [0.3, 0.4) is 0 Å². The molecule has 2 aliphatic rings. The van der Waals surface area contributed by atoms with Gasteiger partial charge in [0.15, 0.2) is 0 Å². The van der Waals surface area contributed by atoms with Gasteiger partial charge in [0.2, 0.25) is 5.91 Å². The van der Waals surface area contributed by atoms with Crippen LogP contribution in [0, 0.1) is 23.6 Å². The van der Waals surface area contributed by atoms with E-state index in [-0.39, 0.29) is 23.7 Å². The summed E-state index contributed by atoms with van der Waals surface area (Å²) >= 11 is 0. The maximum absolute atomic E-state index is 12.8. The summed E-state index contributed by atoms with van der Waals surface area (Å²) in [5, 5.41) is 13.1. The van der Waals surface area contributed by atoms with Gasteiger partial charge in [-0.25, -0.2) is 4.39 Å². The molecule has 0 spiro atoms. The minimum atomic E-state index is -0.681. The summed E-state index contributed by atoms with van der Waals surface area (Å²) in [5.74, 6) is 1.42. The lowest BCUT2D eigenvalue weighted by molar-refractivity contribution is -0.123. The summed E-state index contributed by atoms with van der Waals surface area (Å²) in [6.45, 7) is 1.90. The second-order valence-electron chi connectivity index (χ2n) is 6.56. The molecule has 0 radical (unpaired) electrons. The van der Waals surface area contributed by atoms with Crippen molar-refractivity contribution in [2.24, 2.45) is 17.8 Å². The van der Waals surface area contributed by atoms with Crippen molar-refractivity contribution < 1.29 is 14.3 Å². The molecule has 4 unspecified atom stereocenters. The fourth-order valence-electron chi connectivity index (χ4n) is 3.13. The highest BCUT2D eigenvalue weighted by atomic mass is 19.1. The number of benzene rings is 1. The molecule has 1 aromatic carbocycles. The molecule has 2 saturated carbocycles. The van der Waals surface area contributed by atoms with Crippen LogP contribution in [0.1, 0.15) is 44.3 Å². The molecule has 1 amide bonds. The van der Waals surface area contributed by atoms with Crippen molar-refractivity contribution >= 4 is 5.91 Å². The minimum absolute atomic E-state index is 0.0852. The van der Waals surface area contributed by atoms with Crippen molar-refractivity contribution in [3.63, 3.8) is 0 Å². The van der Waals surface area contributed by atoms with Crippen molar-refractivity contribution in [2.75, 3.05) is 0 Å². The fraction of sp³-hybridized carbons (Fsp3) is 0.588. The Morgan fingerprint density at radius 3 is 2.67 bits per heavy atom. The molecule has 2 N–H and O–H groups in total. The quantitative estimate of drug-likeness (QED) is 0.846. The second-order valence-corrected chi connectivity index (χ2v) is 6.56. The third-order valence-corrected chi connectivity index (χ3v) is 4.62. The van der Waals surface area contributed by atoms with E-state index >= 15 is 0 Å². The highest BCUT2D eigenvalue weighted by Gasteiger charge is 2.51. The zero-order valence-corrected chi connectivity index (χ0v) is 12.3. The third kappa shape index (κ3) is 3.62. The van der Waals surface area contributed by atoms with Gasteiger partial charge in [-0.15, -0.1) is 0 Å². The molecule has 4 heteroatoms. The average Bonchev–Trinajstić information content (AvgIpc) is 3.29. The minimum Gasteiger partial charge on any atom is -0.388 e. The van der Waals surface area contributed by atoms with Crippen LogP contribution < -0.4 is 5.32 Å².